The number of para-hydroxylation sites is 2. The number of anilines is 3. The third kappa shape index (κ3) is 4.11. The van der Waals surface area contributed by atoms with Crippen molar-refractivity contribution in [3.05, 3.63) is 64.5 Å². The molecule has 140 valence electrons. The fraction of sp³-hybridized carbons (Fsp3) is 0.238. The lowest BCUT2D eigenvalue weighted by molar-refractivity contribution is 0.262. The van der Waals surface area contributed by atoms with Gasteiger partial charge in [-0.1, -0.05) is 44.2 Å². The Labute approximate surface area is 157 Å². The molecule has 0 aliphatic carbocycles. The molecule has 3 N–H and O–H groups in total. The van der Waals surface area contributed by atoms with Crippen LogP contribution in [0.4, 0.5) is 21.9 Å². The Bertz CT molecular complexity index is 1010. The summed E-state index contributed by atoms with van der Waals surface area (Å²) >= 11 is 0. The molecule has 0 aliphatic heterocycles. The van der Waals surface area contributed by atoms with Crippen LogP contribution in [0, 0.1) is 0 Å². The summed E-state index contributed by atoms with van der Waals surface area (Å²) in [7, 11) is 0. The first-order valence-electron chi connectivity index (χ1n) is 9.09. The molecule has 0 atom stereocenters. The van der Waals surface area contributed by atoms with Crippen molar-refractivity contribution in [2.75, 3.05) is 22.5 Å². The number of rotatable bonds is 6. The van der Waals surface area contributed by atoms with E-state index in [1.54, 1.807) is 12.1 Å². The predicted molar refractivity (Wildman–Crippen MR) is 110 cm³/mol. The Morgan fingerprint density at radius 3 is 2.48 bits per heavy atom. The van der Waals surface area contributed by atoms with Gasteiger partial charge in [0.25, 0.3) is 0 Å². The minimum atomic E-state index is -0.591. The molecule has 1 aromatic heterocycles. The summed E-state index contributed by atoms with van der Waals surface area (Å²) in [4.78, 5) is 25.0. The van der Waals surface area contributed by atoms with E-state index >= 15 is 0 Å². The van der Waals surface area contributed by atoms with Gasteiger partial charge < -0.3 is 15.1 Å². The average Bonchev–Trinajstić information content (AvgIpc) is 2.68. The van der Waals surface area contributed by atoms with Gasteiger partial charge in [0.2, 0.25) is 0 Å². The molecule has 6 nitrogen and oxygen atoms in total. The number of aryl methyl sites for hydroxylation is 1. The third-order valence-electron chi connectivity index (χ3n) is 4.25. The molecule has 0 saturated heterocycles. The van der Waals surface area contributed by atoms with Crippen molar-refractivity contribution in [3.8, 4) is 0 Å². The van der Waals surface area contributed by atoms with E-state index in [2.05, 4.69) is 16.0 Å². The summed E-state index contributed by atoms with van der Waals surface area (Å²) in [6, 6.07) is 14.3. The maximum Gasteiger partial charge on any atom is 0.362 e. The van der Waals surface area contributed by atoms with Gasteiger partial charge in [-0.3, -0.25) is 5.32 Å². The largest absolute Gasteiger partial charge is 0.421 e. The number of hydrogen-bond donors (Lipinski definition) is 3. The zero-order valence-corrected chi connectivity index (χ0v) is 15.5. The SMILES string of the molecule is CCCNc1c(NC(=O)Nc2ccccc2CC)c(=O)oc2ccccc12. The molecule has 0 bridgehead atoms. The Hall–Kier alpha value is -3.28. The van der Waals surface area contributed by atoms with E-state index in [1.165, 1.54) is 0 Å². The highest BCUT2D eigenvalue weighted by atomic mass is 16.4. The van der Waals surface area contributed by atoms with E-state index in [1.807, 2.05) is 50.2 Å². The second-order valence-corrected chi connectivity index (χ2v) is 6.15. The molecule has 0 radical (unpaired) electrons. The minimum Gasteiger partial charge on any atom is -0.421 e. The van der Waals surface area contributed by atoms with E-state index in [-0.39, 0.29) is 5.69 Å². The first kappa shape index (κ1) is 18.5. The molecule has 0 fully saturated rings. The van der Waals surface area contributed by atoms with Crippen LogP contribution in [0.5, 0.6) is 0 Å². The molecule has 0 saturated carbocycles. The Kier molecular flexibility index (Phi) is 5.76. The molecular formula is C21H23N3O3. The second kappa shape index (κ2) is 8.40. The Balaban J connectivity index is 1.94. The molecule has 3 rings (SSSR count). The highest BCUT2D eigenvalue weighted by molar-refractivity contribution is 6.06. The highest BCUT2D eigenvalue weighted by Gasteiger charge is 2.17. The van der Waals surface area contributed by atoms with Gasteiger partial charge in [0.1, 0.15) is 5.58 Å². The molecule has 1 heterocycles. The van der Waals surface area contributed by atoms with Crippen molar-refractivity contribution in [3.63, 3.8) is 0 Å². The molecule has 2 aromatic carbocycles. The molecule has 3 aromatic rings. The van der Waals surface area contributed by atoms with Crippen LogP contribution in [-0.2, 0) is 6.42 Å². The van der Waals surface area contributed by atoms with Crippen LogP contribution in [0.3, 0.4) is 0 Å². The quantitative estimate of drug-likeness (QED) is 0.547. The number of hydrogen-bond acceptors (Lipinski definition) is 4. The molecular weight excluding hydrogens is 342 g/mol. The number of nitrogens with one attached hydrogen (secondary N) is 3. The fourth-order valence-electron chi connectivity index (χ4n) is 2.91. The summed E-state index contributed by atoms with van der Waals surface area (Å²) in [5, 5.41) is 9.45. The van der Waals surface area contributed by atoms with E-state index in [4.69, 9.17) is 4.42 Å². The van der Waals surface area contributed by atoms with Gasteiger partial charge >= 0.3 is 11.7 Å². The fourth-order valence-corrected chi connectivity index (χ4v) is 2.91. The molecule has 0 aliphatic rings. The summed E-state index contributed by atoms with van der Waals surface area (Å²) in [6.07, 6.45) is 1.67. The number of fused-ring (bicyclic) bond motifs is 1. The van der Waals surface area contributed by atoms with Crippen molar-refractivity contribution in [1.29, 1.82) is 0 Å². The Morgan fingerprint density at radius 1 is 0.963 bits per heavy atom. The zero-order chi connectivity index (χ0) is 19.2. The van der Waals surface area contributed by atoms with Gasteiger partial charge in [-0.25, -0.2) is 9.59 Å². The third-order valence-corrected chi connectivity index (χ3v) is 4.25. The molecule has 6 heteroatoms. The monoisotopic (exact) mass is 365 g/mol. The van der Waals surface area contributed by atoms with Crippen molar-refractivity contribution in [2.24, 2.45) is 0 Å². The molecule has 0 unspecified atom stereocenters. The van der Waals surface area contributed by atoms with E-state index < -0.39 is 11.7 Å². The lowest BCUT2D eigenvalue weighted by Crippen LogP contribution is -2.25. The maximum atomic E-state index is 12.5. The van der Waals surface area contributed by atoms with Crippen LogP contribution in [-0.4, -0.2) is 12.6 Å². The van der Waals surface area contributed by atoms with Gasteiger partial charge in [-0.15, -0.1) is 0 Å². The van der Waals surface area contributed by atoms with Crippen LogP contribution in [0.2, 0.25) is 0 Å². The molecule has 27 heavy (non-hydrogen) atoms. The van der Waals surface area contributed by atoms with Gasteiger partial charge in [0.15, 0.2) is 5.69 Å². The number of carbonyl (C=O) groups excluding carboxylic acids is 1. The summed E-state index contributed by atoms with van der Waals surface area (Å²) in [5.41, 5.74) is 2.29. The number of benzene rings is 2. The van der Waals surface area contributed by atoms with Gasteiger partial charge in [-0.2, -0.15) is 0 Å². The summed E-state index contributed by atoms with van der Waals surface area (Å²) in [5.74, 6) is 0. The predicted octanol–water partition coefficient (Wildman–Crippen LogP) is 4.82. The highest BCUT2D eigenvalue weighted by Crippen LogP contribution is 2.28. The first-order valence-corrected chi connectivity index (χ1v) is 9.09. The number of carbonyl (C=O) groups is 1. The van der Waals surface area contributed by atoms with Gasteiger partial charge in [0, 0.05) is 17.6 Å². The smallest absolute Gasteiger partial charge is 0.362 e. The first-order chi connectivity index (χ1) is 13.1. The summed E-state index contributed by atoms with van der Waals surface area (Å²) < 4.78 is 5.37. The zero-order valence-electron chi connectivity index (χ0n) is 15.5. The van der Waals surface area contributed by atoms with Crippen LogP contribution in [0.25, 0.3) is 11.0 Å². The van der Waals surface area contributed by atoms with Gasteiger partial charge in [0.05, 0.1) is 5.69 Å². The second-order valence-electron chi connectivity index (χ2n) is 6.15. The van der Waals surface area contributed by atoms with E-state index in [0.29, 0.717) is 23.5 Å². The van der Waals surface area contributed by atoms with Crippen LogP contribution in [0.15, 0.2) is 57.7 Å². The van der Waals surface area contributed by atoms with E-state index in [0.717, 1.165) is 23.8 Å². The normalized spacial score (nSPS) is 10.6. The van der Waals surface area contributed by atoms with Gasteiger partial charge in [-0.05, 0) is 36.6 Å². The van der Waals surface area contributed by atoms with Crippen molar-refractivity contribution >= 4 is 34.1 Å². The lowest BCUT2D eigenvalue weighted by atomic mass is 10.1. The molecule has 0 spiro atoms. The number of amides is 2. The Morgan fingerprint density at radius 2 is 1.70 bits per heavy atom. The van der Waals surface area contributed by atoms with Crippen molar-refractivity contribution in [2.45, 2.75) is 26.7 Å². The topological polar surface area (TPSA) is 83.4 Å². The maximum absolute atomic E-state index is 12.5. The summed E-state index contributed by atoms with van der Waals surface area (Å²) in [6.45, 7) is 4.72. The lowest BCUT2D eigenvalue weighted by Gasteiger charge is -2.15. The molecule has 2 amide bonds. The van der Waals surface area contributed by atoms with Crippen molar-refractivity contribution < 1.29 is 9.21 Å². The number of urea groups is 1. The minimum absolute atomic E-state index is 0.105. The van der Waals surface area contributed by atoms with E-state index in [9.17, 15) is 9.59 Å². The average molecular weight is 365 g/mol. The van der Waals surface area contributed by atoms with Crippen LogP contribution < -0.4 is 21.6 Å². The van der Waals surface area contributed by atoms with Crippen LogP contribution in [0.1, 0.15) is 25.8 Å². The van der Waals surface area contributed by atoms with Crippen molar-refractivity contribution in [1.82, 2.24) is 0 Å². The van der Waals surface area contributed by atoms with Crippen LogP contribution >= 0.6 is 0 Å². The standard InChI is InChI=1S/C21H23N3O3/c1-3-13-22-18-15-10-6-8-12-17(15)27-20(25)19(18)24-21(26)23-16-11-7-5-9-14(16)4-2/h5-12,22H,3-4,13H2,1-2H3,(H2,23,24,26).